The van der Waals surface area contributed by atoms with E-state index in [2.05, 4.69) is 5.10 Å². The SMILES string of the molecule is O=C(O)[C@@H]1C[C@H]2CCCC[C@H]2N1C(=O)CCn1cccn1. The molecule has 1 N–H and O–H groups in total. The molecule has 1 saturated carbocycles. The molecule has 114 valence electrons. The van der Waals surface area contributed by atoms with Crippen molar-refractivity contribution in [3.63, 3.8) is 0 Å². The molecule has 1 aromatic rings. The predicted molar refractivity (Wildman–Crippen MR) is 75.5 cm³/mol. The summed E-state index contributed by atoms with van der Waals surface area (Å²) in [5, 5.41) is 13.5. The van der Waals surface area contributed by atoms with Crippen molar-refractivity contribution in [3.8, 4) is 0 Å². The van der Waals surface area contributed by atoms with Gasteiger partial charge in [0, 0.05) is 31.4 Å². The number of carboxylic acid groups (broad SMARTS) is 1. The van der Waals surface area contributed by atoms with Gasteiger partial charge < -0.3 is 10.0 Å². The molecule has 0 unspecified atom stereocenters. The van der Waals surface area contributed by atoms with E-state index in [-0.39, 0.29) is 11.9 Å². The van der Waals surface area contributed by atoms with E-state index >= 15 is 0 Å². The van der Waals surface area contributed by atoms with Crippen LogP contribution in [0.2, 0.25) is 0 Å². The van der Waals surface area contributed by atoms with Gasteiger partial charge in [0.2, 0.25) is 5.91 Å². The van der Waals surface area contributed by atoms with E-state index < -0.39 is 12.0 Å². The van der Waals surface area contributed by atoms with Crippen molar-refractivity contribution >= 4 is 11.9 Å². The first-order valence-corrected chi connectivity index (χ1v) is 7.68. The lowest BCUT2D eigenvalue weighted by Crippen LogP contribution is -2.46. The number of fused-ring (bicyclic) bond motifs is 1. The Balaban J connectivity index is 1.70. The predicted octanol–water partition coefficient (Wildman–Crippen LogP) is 1.52. The van der Waals surface area contributed by atoms with Crippen molar-refractivity contribution < 1.29 is 14.7 Å². The summed E-state index contributed by atoms with van der Waals surface area (Å²) >= 11 is 0. The van der Waals surface area contributed by atoms with Gasteiger partial charge in [-0.15, -0.1) is 0 Å². The lowest BCUT2D eigenvalue weighted by molar-refractivity contribution is -0.150. The Morgan fingerprint density at radius 3 is 2.81 bits per heavy atom. The summed E-state index contributed by atoms with van der Waals surface area (Å²) in [5.41, 5.74) is 0. The quantitative estimate of drug-likeness (QED) is 0.912. The van der Waals surface area contributed by atoms with Crippen LogP contribution in [0.25, 0.3) is 0 Å². The first-order valence-electron chi connectivity index (χ1n) is 7.68. The maximum absolute atomic E-state index is 12.5. The highest BCUT2D eigenvalue weighted by Gasteiger charge is 2.47. The van der Waals surface area contributed by atoms with Gasteiger partial charge >= 0.3 is 5.97 Å². The molecule has 2 aliphatic rings. The number of aromatic nitrogens is 2. The molecule has 6 nitrogen and oxygen atoms in total. The summed E-state index contributed by atoms with van der Waals surface area (Å²) in [6, 6.07) is 1.31. The number of aliphatic carboxylic acids is 1. The van der Waals surface area contributed by atoms with Gasteiger partial charge in [0.1, 0.15) is 6.04 Å². The molecule has 1 aliphatic heterocycles. The molecule has 2 heterocycles. The molecule has 3 rings (SSSR count). The fourth-order valence-electron chi connectivity index (χ4n) is 3.81. The van der Waals surface area contributed by atoms with Gasteiger partial charge in [-0.1, -0.05) is 12.8 Å². The van der Waals surface area contributed by atoms with Crippen molar-refractivity contribution in [2.24, 2.45) is 5.92 Å². The normalized spacial score (nSPS) is 28.4. The number of amides is 1. The third kappa shape index (κ3) is 2.80. The molecular formula is C15H21N3O3. The number of carboxylic acids is 1. The minimum atomic E-state index is -0.864. The van der Waals surface area contributed by atoms with Gasteiger partial charge in [-0.3, -0.25) is 9.48 Å². The Morgan fingerprint density at radius 2 is 2.10 bits per heavy atom. The Kier molecular flexibility index (Phi) is 3.94. The summed E-state index contributed by atoms with van der Waals surface area (Å²) in [4.78, 5) is 25.7. The van der Waals surface area contributed by atoms with Gasteiger partial charge in [0.05, 0.1) is 0 Å². The second-order valence-corrected chi connectivity index (χ2v) is 6.02. The second kappa shape index (κ2) is 5.87. The molecule has 1 amide bonds. The lowest BCUT2D eigenvalue weighted by Gasteiger charge is -2.33. The molecule has 1 aromatic heterocycles. The van der Waals surface area contributed by atoms with Crippen LogP contribution in [0.15, 0.2) is 18.5 Å². The van der Waals surface area contributed by atoms with Gasteiger partial charge in [0.15, 0.2) is 0 Å². The third-order valence-corrected chi connectivity index (χ3v) is 4.78. The topological polar surface area (TPSA) is 75.4 Å². The van der Waals surface area contributed by atoms with E-state index in [4.69, 9.17) is 0 Å². The number of carbonyl (C=O) groups is 2. The van der Waals surface area contributed by atoms with Gasteiger partial charge in [-0.25, -0.2) is 4.79 Å². The summed E-state index contributed by atoms with van der Waals surface area (Å²) in [7, 11) is 0. The Labute approximate surface area is 123 Å². The number of aryl methyl sites for hydroxylation is 1. The van der Waals surface area contributed by atoms with E-state index in [9.17, 15) is 14.7 Å². The van der Waals surface area contributed by atoms with Crippen molar-refractivity contribution in [2.45, 2.75) is 57.2 Å². The summed E-state index contributed by atoms with van der Waals surface area (Å²) < 4.78 is 1.71. The zero-order valence-electron chi connectivity index (χ0n) is 12.0. The van der Waals surface area contributed by atoms with E-state index in [0.717, 1.165) is 25.7 Å². The standard InChI is InChI=1S/C15H21N3O3/c19-14(6-9-17-8-3-7-16-17)18-12-5-2-1-4-11(12)10-13(18)15(20)21/h3,7-8,11-13H,1-2,4-6,9-10H2,(H,20,21)/t11-,12-,13+/m1/s1. The van der Waals surface area contributed by atoms with Crippen LogP contribution in [0.1, 0.15) is 38.5 Å². The van der Waals surface area contributed by atoms with Crippen LogP contribution in [0.4, 0.5) is 0 Å². The second-order valence-electron chi connectivity index (χ2n) is 6.02. The fraction of sp³-hybridized carbons (Fsp3) is 0.667. The Bertz CT molecular complexity index is 514. The first kappa shape index (κ1) is 14.1. The van der Waals surface area contributed by atoms with Crippen LogP contribution in [0, 0.1) is 5.92 Å². The van der Waals surface area contributed by atoms with E-state index in [0.29, 0.717) is 25.3 Å². The number of nitrogens with zero attached hydrogens (tertiary/aromatic N) is 3. The number of hydrogen-bond acceptors (Lipinski definition) is 3. The Morgan fingerprint density at radius 1 is 1.29 bits per heavy atom. The fourth-order valence-corrected chi connectivity index (χ4v) is 3.81. The smallest absolute Gasteiger partial charge is 0.326 e. The zero-order chi connectivity index (χ0) is 14.8. The number of rotatable bonds is 4. The largest absolute Gasteiger partial charge is 0.480 e. The molecule has 0 aromatic carbocycles. The van der Waals surface area contributed by atoms with Gasteiger partial charge in [-0.2, -0.15) is 5.10 Å². The summed E-state index contributed by atoms with van der Waals surface area (Å²) in [6.45, 7) is 0.506. The molecule has 21 heavy (non-hydrogen) atoms. The van der Waals surface area contributed by atoms with Crippen LogP contribution in [-0.2, 0) is 16.1 Å². The van der Waals surface area contributed by atoms with Crippen molar-refractivity contribution in [1.29, 1.82) is 0 Å². The highest BCUT2D eigenvalue weighted by atomic mass is 16.4. The molecule has 0 spiro atoms. The van der Waals surface area contributed by atoms with Gasteiger partial charge in [0.25, 0.3) is 0 Å². The Hall–Kier alpha value is -1.85. The molecular weight excluding hydrogens is 270 g/mol. The number of likely N-dealkylation sites (tertiary alicyclic amines) is 1. The third-order valence-electron chi connectivity index (χ3n) is 4.78. The average Bonchev–Trinajstić information content (AvgIpc) is 3.11. The highest BCUT2D eigenvalue weighted by Crippen LogP contribution is 2.40. The lowest BCUT2D eigenvalue weighted by atomic mass is 9.84. The van der Waals surface area contributed by atoms with Crippen LogP contribution in [-0.4, -0.2) is 43.7 Å². The van der Waals surface area contributed by atoms with Crippen LogP contribution >= 0.6 is 0 Å². The van der Waals surface area contributed by atoms with Crippen molar-refractivity contribution in [1.82, 2.24) is 14.7 Å². The maximum atomic E-state index is 12.5. The molecule has 6 heteroatoms. The maximum Gasteiger partial charge on any atom is 0.326 e. The zero-order valence-corrected chi connectivity index (χ0v) is 12.0. The molecule has 2 fully saturated rings. The van der Waals surface area contributed by atoms with Crippen molar-refractivity contribution in [3.05, 3.63) is 18.5 Å². The van der Waals surface area contributed by atoms with Crippen LogP contribution in [0.5, 0.6) is 0 Å². The minimum absolute atomic E-state index is 0.0488. The molecule has 1 saturated heterocycles. The molecule has 0 bridgehead atoms. The summed E-state index contributed by atoms with van der Waals surface area (Å²) in [6.07, 6.45) is 8.67. The van der Waals surface area contributed by atoms with E-state index in [1.807, 2.05) is 12.3 Å². The first-order chi connectivity index (χ1) is 10.2. The minimum Gasteiger partial charge on any atom is -0.480 e. The van der Waals surface area contributed by atoms with Crippen molar-refractivity contribution in [2.75, 3.05) is 0 Å². The molecule has 0 radical (unpaired) electrons. The van der Waals surface area contributed by atoms with E-state index in [1.54, 1.807) is 15.8 Å². The van der Waals surface area contributed by atoms with Crippen LogP contribution in [0.3, 0.4) is 0 Å². The van der Waals surface area contributed by atoms with Gasteiger partial charge in [-0.05, 0) is 31.2 Å². The van der Waals surface area contributed by atoms with E-state index in [1.165, 1.54) is 0 Å². The number of hydrogen-bond donors (Lipinski definition) is 1. The highest BCUT2D eigenvalue weighted by molar-refractivity contribution is 5.84. The monoisotopic (exact) mass is 291 g/mol. The molecule has 3 atom stereocenters. The van der Waals surface area contributed by atoms with Crippen LogP contribution < -0.4 is 0 Å². The average molecular weight is 291 g/mol. The number of carbonyl (C=O) groups excluding carboxylic acids is 1. The molecule has 1 aliphatic carbocycles. The summed E-state index contributed by atoms with van der Waals surface area (Å²) in [5.74, 6) is -0.544.